The Morgan fingerprint density at radius 3 is 2.37 bits per heavy atom. The molecule has 1 aromatic heterocycles. The van der Waals surface area contributed by atoms with Crippen molar-refractivity contribution in [2.45, 2.75) is 46.1 Å². The minimum absolute atomic E-state index is 0.138. The van der Waals surface area contributed by atoms with Crippen LogP contribution >= 0.6 is 0 Å². The Hall–Kier alpha value is -2.63. The van der Waals surface area contributed by atoms with Gasteiger partial charge in [-0.1, -0.05) is 12.1 Å². The van der Waals surface area contributed by atoms with Crippen LogP contribution in [0.4, 0.5) is 9.18 Å². The summed E-state index contributed by atoms with van der Waals surface area (Å²) in [6.07, 6.45) is 0.179. The normalized spacial score (nSPS) is 11.3. The number of amides is 1. The van der Waals surface area contributed by atoms with Crippen LogP contribution in [0, 0.1) is 5.82 Å². The Labute approximate surface area is 159 Å². The molecule has 0 spiro atoms. The van der Waals surface area contributed by atoms with Gasteiger partial charge in [0.15, 0.2) is 11.5 Å². The molecule has 0 unspecified atom stereocenters. The van der Waals surface area contributed by atoms with Gasteiger partial charge in [-0.3, -0.25) is 4.79 Å². The lowest BCUT2D eigenvalue weighted by Crippen LogP contribution is -2.46. The van der Waals surface area contributed by atoms with Crippen LogP contribution in [0.25, 0.3) is 0 Å². The van der Waals surface area contributed by atoms with Crippen molar-refractivity contribution in [1.82, 2.24) is 4.90 Å². The third-order valence-electron chi connectivity index (χ3n) is 4.09. The molecule has 6 heteroatoms. The Balaban J connectivity index is 1.98. The Morgan fingerprint density at radius 2 is 1.78 bits per heavy atom. The molecule has 0 fully saturated rings. The van der Waals surface area contributed by atoms with E-state index in [9.17, 15) is 14.0 Å². The number of halogens is 1. The second kappa shape index (κ2) is 8.84. The molecule has 146 valence electrons. The van der Waals surface area contributed by atoms with Gasteiger partial charge in [0.2, 0.25) is 0 Å². The number of carbonyl (C=O) groups is 2. The zero-order valence-electron chi connectivity index (χ0n) is 16.3. The molecule has 1 heterocycles. The molecular formula is C21H26FNO4. The molecule has 27 heavy (non-hydrogen) atoms. The average Bonchev–Trinajstić information content (AvgIpc) is 3.04. The molecule has 1 amide bonds. The highest BCUT2D eigenvalue weighted by Gasteiger charge is 2.28. The predicted molar refractivity (Wildman–Crippen MR) is 100 cm³/mol. The summed E-state index contributed by atoms with van der Waals surface area (Å²) in [5.41, 5.74) is 0.439. The molecule has 0 bridgehead atoms. The summed E-state index contributed by atoms with van der Waals surface area (Å²) in [5, 5.41) is 0. The molecule has 0 saturated heterocycles. The predicted octanol–water partition coefficient (Wildman–Crippen LogP) is 4.84. The summed E-state index contributed by atoms with van der Waals surface area (Å²) in [4.78, 5) is 26.1. The molecule has 0 saturated carbocycles. The highest BCUT2D eigenvalue weighted by atomic mass is 19.1. The van der Waals surface area contributed by atoms with E-state index in [2.05, 4.69) is 0 Å². The third-order valence-corrected chi connectivity index (χ3v) is 4.09. The number of Topliss-reactive ketones (excluding diaryl/α,β-unsaturated/α-hetero) is 1. The van der Waals surface area contributed by atoms with E-state index in [1.165, 1.54) is 17.0 Å². The summed E-state index contributed by atoms with van der Waals surface area (Å²) in [7, 11) is 0. The second-order valence-corrected chi connectivity index (χ2v) is 7.26. The van der Waals surface area contributed by atoms with Crippen LogP contribution < -0.4 is 0 Å². The molecule has 0 radical (unpaired) electrons. The topological polar surface area (TPSA) is 59.8 Å². The van der Waals surface area contributed by atoms with E-state index in [1.807, 2.05) is 20.8 Å². The summed E-state index contributed by atoms with van der Waals surface area (Å²) in [5.74, 6) is 0.408. The lowest BCUT2D eigenvalue weighted by Gasteiger charge is -2.34. The third kappa shape index (κ3) is 5.94. The van der Waals surface area contributed by atoms with Crippen molar-refractivity contribution >= 4 is 11.9 Å². The first kappa shape index (κ1) is 20.7. The van der Waals surface area contributed by atoms with Gasteiger partial charge in [-0.15, -0.1) is 0 Å². The Morgan fingerprint density at radius 1 is 1.11 bits per heavy atom. The van der Waals surface area contributed by atoms with Crippen molar-refractivity contribution in [3.63, 3.8) is 0 Å². The van der Waals surface area contributed by atoms with Gasteiger partial charge >= 0.3 is 6.09 Å². The van der Waals surface area contributed by atoms with Crippen LogP contribution in [-0.2, 0) is 11.2 Å². The number of nitrogens with zero attached hydrogens (tertiary/aromatic N) is 1. The van der Waals surface area contributed by atoms with Gasteiger partial charge in [0.1, 0.15) is 11.6 Å². The number of benzene rings is 1. The van der Waals surface area contributed by atoms with E-state index in [4.69, 9.17) is 9.15 Å². The molecule has 0 N–H and O–H groups in total. The quantitative estimate of drug-likeness (QED) is 0.650. The van der Waals surface area contributed by atoms with Crippen LogP contribution in [0.5, 0.6) is 0 Å². The molecular weight excluding hydrogens is 349 g/mol. The van der Waals surface area contributed by atoms with Crippen molar-refractivity contribution in [3.05, 3.63) is 59.3 Å². The van der Waals surface area contributed by atoms with Gasteiger partial charge in [-0.05, 0) is 57.5 Å². The van der Waals surface area contributed by atoms with Gasteiger partial charge in [-0.2, -0.15) is 0 Å². The first-order chi connectivity index (χ1) is 12.7. The number of hydrogen-bond donors (Lipinski definition) is 0. The summed E-state index contributed by atoms with van der Waals surface area (Å²) >= 11 is 0. The van der Waals surface area contributed by atoms with Gasteiger partial charge in [0.05, 0.1) is 6.61 Å². The number of ketones is 1. The molecule has 1 aromatic carbocycles. The number of rotatable bonds is 7. The maximum atomic E-state index is 13.0. The average molecular weight is 375 g/mol. The molecule has 0 aliphatic carbocycles. The minimum Gasteiger partial charge on any atom is -0.458 e. The van der Waals surface area contributed by atoms with E-state index in [-0.39, 0.29) is 36.9 Å². The maximum absolute atomic E-state index is 13.0. The highest BCUT2D eigenvalue weighted by molar-refractivity contribution is 5.93. The van der Waals surface area contributed by atoms with Crippen LogP contribution in [0.3, 0.4) is 0 Å². The van der Waals surface area contributed by atoms with E-state index in [0.29, 0.717) is 12.2 Å². The fraction of sp³-hybridized carbons (Fsp3) is 0.429. The summed E-state index contributed by atoms with van der Waals surface area (Å²) in [6.45, 7) is 7.95. The van der Waals surface area contributed by atoms with Gasteiger partial charge in [-0.25, -0.2) is 9.18 Å². The minimum atomic E-state index is -0.455. The second-order valence-electron chi connectivity index (χ2n) is 7.26. The Bertz CT molecular complexity index is 774. The number of carbonyl (C=O) groups excluding carboxylic acids is 2. The van der Waals surface area contributed by atoms with E-state index >= 15 is 0 Å². The fourth-order valence-electron chi connectivity index (χ4n) is 2.66. The summed E-state index contributed by atoms with van der Waals surface area (Å²) < 4.78 is 23.7. The first-order valence-corrected chi connectivity index (χ1v) is 9.01. The monoisotopic (exact) mass is 375 g/mol. The number of furan rings is 1. The van der Waals surface area contributed by atoms with Crippen molar-refractivity contribution in [2.75, 3.05) is 13.2 Å². The van der Waals surface area contributed by atoms with Crippen molar-refractivity contribution < 1.29 is 23.1 Å². The van der Waals surface area contributed by atoms with E-state index in [0.717, 1.165) is 5.56 Å². The molecule has 2 rings (SSSR count). The maximum Gasteiger partial charge on any atom is 0.410 e. The standard InChI is InChI=1S/C21H26FNO4/c1-5-26-20(25)23(21(2,3)4)13-12-18(24)19-11-10-17(27-19)14-15-6-8-16(22)9-7-15/h6-11H,5,12-14H2,1-4H3. The zero-order valence-corrected chi connectivity index (χ0v) is 16.3. The first-order valence-electron chi connectivity index (χ1n) is 9.01. The molecule has 0 aliphatic heterocycles. The lowest BCUT2D eigenvalue weighted by atomic mass is 10.1. The zero-order chi connectivity index (χ0) is 20.0. The van der Waals surface area contributed by atoms with Crippen LogP contribution in [0.1, 0.15) is 56.0 Å². The van der Waals surface area contributed by atoms with Crippen LogP contribution in [-0.4, -0.2) is 35.5 Å². The number of hydrogen-bond acceptors (Lipinski definition) is 4. The summed E-state index contributed by atoms with van der Waals surface area (Å²) in [6, 6.07) is 9.51. The van der Waals surface area contributed by atoms with Crippen molar-refractivity contribution in [1.29, 1.82) is 0 Å². The highest BCUT2D eigenvalue weighted by Crippen LogP contribution is 2.18. The molecule has 5 nitrogen and oxygen atoms in total. The van der Waals surface area contributed by atoms with Crippen molar-refractivity contribution in [2.24, 2.45) is 0 Å². The largest absolute Gasteiger partial charge is 0.458 e. The van der Waals surface area contributed by atoms with E-state index in [1.54, 1.807) is 31.2 Å². The molecule has 0 atom stereocenters. The molecule has 0 aliphatic rings. The van der Waals surface area contributed by atoms with Gasteiger partial charge in [0.25, 0.3) is 0 Å². The Kier molecular flexibility index (Phi) is 6.77. The van der Waals surface area contributed by atoms with Crippen molar-refractivity contribution in [3.8, 4) is 0 Å². The van der Waals surface area contributed by atoms with Gasteiger partial charge in [0, 0.05) is 24.9 Å². The lowest BCUT2D eigenvalue weighted by molar-refractivity contribution is 0.0677. The van der Waals surface area contributed by atoms with E-state index < -0.39 is 11.6 Å². The van der Waals surface area contributed by atoms with Gasteiger partial charge < -0.3 is 14.1 Å². The van der Waals surface area contributed by atoms with Crippen LogP contribution in [0.2, 0.25) is 0 Å². The number of ether oxygens (including phenoxy) is 1. The molecule has 2 aromatic rings. The smallest absolute Gasteiger partial charge is 0.410 e. The van der Waals surface area contributed by atoms with Crippen LogP contribution in [0.15, 0.2) is 40.8 Å². The fourth-order valence-corrected chi connectivity index (χ4v) is 2.66. The SMILES string of the molecule is CCOC(=O)N(CCC(=O)c1ccc(Cc2ccc(F)cc2)o1)C(C)(C)C.